The van der Waals surface area contributed by atoms with E-state index in [1.54, 1.807) is 24.3 Å². The summed E-state index contributed by atoms with van der Waals surface area (Å²) in [6.45, 7) is 0.578. The van der Waals surface area contributed by atoms with Gasteiger partial charge in [0.2, 0.25) is 10.0 Å². The van der Waals surface area contributed by atoms with Crippen LogP contribution in [-0.4, -0.2) is 20.5 Å². The predicted octanol–water partition coefficient (Wildman–Crippen LogP) is 4.88. The van der Waals surface area contributed by atoms with Crippen LogP contribution < -0.4 is 15.2 Å². The van der Waals surface area contributed by atoms with Crippen molar-refractivity contribution in [3.8, 4) is 27.4 Å². The zero-order chi connectivity index (χ0) is 22.7. The second-order valence-electron chi connectivity index (χ2n) is 6.95. The van der Waals surface area contributed by atoms with Crippen LogP contribution in [0, 0.1) is 5.82 Å². The summed E-state index contributed by atoms with van der Waals surface area (Å²) in [5, 5.41) is 9.17. The Hall–Kier alpha value is -3.27. The summed E-state index contributed by atoms with van der Waals surface area (Å²) < 4.78 is 42.6. The Kier molecular flexibility index (Phi) is 6.22. The molecule has 0 aliphatic rings. The highest BCUT2D eigenvalue weighted by Gasteiger charge is 2.18. The minimum absolute atomic E-state index is 0.0187. The fourth-order valence-corrected chi connectivity index (χ4v) is 4.67. The Morgan fingerprint density at radius 3 is 2.34 bits per heavy atom. The molecule has 164 valence electrons. The Morgan fingerprint density at radius 1 is 1.03 bits per heavy atom. The predicted molar refractivity (Wildman–Crippen MR) is 125 cm³/mol. The number of rotatable bonds is 7. The van der Waals surface area contributed by atoms with Crippen LogP contribution in [0.15, 0.2) is 77.7 Å². The Morgan fingerprint density at radius 2 is 1.72 bits per heavy atom. The van der Waals surface area contributed by atoms with E-state index in [-0.39, 0.29) is 10.6 Å². The molecule has 1 heterocycles. The molecule has 32 heavy (non-hydrogen) atoms. The maximum absolute atomic E-state index is 14.4. The number of nitrogens with one attached hydrogen (secondary N) is 1. The summed E-state index contributed by atoms with van der Waals surface area (Å²) in [5.41, 5.74) is 3.00. The van der Waals surface area contributed by atoms with E-state index in [1.807, 2.05) is 30.3 Å². The molecule has 4 rings (SSSR count). The van der Waals surface area contributed by atoms with Crippen molar-refractivity contribution in [3.63, 3.8) is 0 Å². The van der Waals surface area contributed by atoms with Crippen molar-refractivity contribution in [2.24, 2.45) is 5.14 Å². The molecule has 0 saturated carbocycles. The second-order valence-corrected chi connectivity index (χ2v) is 9.52. The molecule has 0 fully saturated rings. The van der Waals surface area contributed by atoms with Gasteiger partial charge in [0.15, 0.2) is 16.7 Å². The number of aromatic nitrogens is 1. The van der Waals surface area contributed by atoms with Crippen molar-refractivity contribution in [1.82, 2.24) is 4.98 Å². The zero-order valence-electron chi connectivity index (χ0n) is 17.1. The lowest BCUT2D eigenvalue weighted by Crippen LogP contribution is -2.11. The van der Waals surface area contributed by atoms with Crippen molar-refractivity contribution in [3.05, 3.63) is 84.2 Å². The number of nitrogens with two attached hydrogens (primary N) is 1. The molecular formula is C23H20FN3O3S2. The van der Waals surface area contributed by atoms with Gasteiger partial charge < -0.3 is 10.1 Å². The van der Waals surface area contributed by atoms with Crippen molar-refractivity contribution in [2.75, 3.05) is 12.4 Å². The van der Waals surface area contributed by atoms with E-state index in [9.17, 15) is 12.8 Å². The number of anilines is 1. The SMILES string of the molecule is COc1ccc(-c2nc(NCc3ccccc3)sc2-c2ccc(S(N)(=O)=O)cc2)cc1F. The van der Waals surface area contributed by atoms with Crippen LogP contribution >= 0.6 is 11.3 Å². The van der Waals surface area contributed by atoms with Crippen molar-refractivity contribution < 1.29 is 17.5 Å². The van der Waals surface area contributed by atoms with Gasteiger partial charge >= 0.3 is 0 Å². The van der Waals surface area contributed by atoms with Crippen LogP contribution in [-0.2, 0) is 16.6 Å². The number of hydrogen-bond donors (Lipinski definition) is 2. The lowest BCUT2D eigenvalue weighted by atomic mass is 10.1. The Bertz CT molecular complexity index is 1340. The van der Waals surface area contributed by atoms with Crippen LogP contribution in [0.1, 0.15) is 5.56 Å². The summed E-state index contributed by atoms with van der Waals surface area (Å²) >= 11 is 1.40. The zero-order valence-corrected chi connectivity index (χ0v) is 18.7. The average molecular weight is 470 g/mol. The number of benzene rings is 3. The largest absolute Gasteiger partial charge is 0.494 e. The molecule has 4 aromatic rings. The number of ether oxygens (including phenoxy) is 1. The van der Waals surface area contributed by atoms with E-state index in [2.05, 4.69) is 5.32 Å². The van der Waals surface area contributed by atoms with Gasteiger partial charge in [-0.2, -0.15) is 0 Å². The van der Waals surface area contributed by atoms with Gasteiger partial charge in [0.1, 0.15) is 0 Å². The molecule has 3 aromatic carbocycles. The minimum atomic E-state index is -3.80. The van der Waals surface area contributed by atoms with Gasteiger partial charge in [-0.05, 0) is 41.5 Å². The topological polar surface area (TPSA) is 94.3 Å². The summed E-state index contributed by atoms with van der Waals surface area (Å²) in [5.74, 6) is -0.349. The molecule has 0 aliphatic heterocycles. The smallest absolute Gasteiger partial charge is 0.238 e. The first-order chi connectivity index (χ1) is 15.3. The number of hydrogen-bond acceptors (Lipinski definition) is 6. The molecule has 0 aliphatic carbocycles. The maximum Gasteiger partial charge on any atom is 0.238 e. The summed E-state index contributed by atoms with van der Waals surface area (Å²) in [6.07, 6.45) is 0. The highest BCUT2D eigenvalue weighted by molar-refractivity contribution is 7.89. The molecule has 0 amide bonds. The fourth-order valence-electron chi connectivity index (χ4n) is 3.17. The summed E-state index contributed by atoms with van der Waals surface area (Å²) in [4.78, 5) is 5.48. The van der Waals surface area contributed by atoms with Crippen LogP contribution in [0.4, 0.5) is 9.52 Å². The number of sulfonamides is 1. The number of halogens is 1. The molecule has 1 aromatic heterocycles. The van der Waals surface area contributed by atoms with E-state index >= 15 is 0 Å². The van der Waals surface area contributed by atoms with E-state index in [0.29, 0.717) is 22.9 Å². The van der Waals surface area contributed by atoms with E-state index in [4.69, 9.17) is 14.9 Å². The molecule has 3 N–H and O–H groups in total. The van der Waals surface area contributed by atoms with E-state index < -0.39 is 15.8 Å². The Labute approximate surface area is 189 Å². The van der Waals surface area contributed by atoms with Gasteiger partial charge in [0.25, 0.3) is 0 Å². The fraction of sp³-hybridized carbons (Fsp3) is 0.0870. The first-order valence-electron chi connectivity index (χ1n) is 9.61. The van der Waals surface area contributed by atoms with Crippen LogP contribution in [0.3, 0.4) is 0 Å². The minimum Gasteiger partial charge on any atom is -0.494 e. The third-order valence-electron chi connectivity index (χ3n) is 4.78. The highest BCUT2D eigenvalue weighted by atomic mass is 32.2. The summed E-state index contributed by atoms with van der Waals surface area (Å²) in [7, 11) is -2.39. The number of nitrogens with zero attached hydrogens (tertiary/aromatic N) is 1. The summed E-state index contributed by atoms with van der Waals surface area (Å²) in [6, 6.07) is 20.8. The van der Waals surface area contributed by atoms with Gasteiger partial charge in [-0.25, -0.2) is 22.9 Å². The van der Waals surface area contributed by atoms with Gasteiger partial charge in [0.05, 0.1) is 22.6 Å². The molecule has 6 nitrogen and oxygen atoms in total. The third kappa shape index (κ3) is 4.80. The van der Waals surface area contributed by atoms with Crippen molar-refractivity contribution >= 4 is 26.5 Å². The van der Waals surface area contributed by atoms with Crippen LogP contribution in [0.2, 0.25) is 0 Å². The number of primary sulfonamides is 1. The molecule has 0 atom stereocenters. The van der Waals surface area contributed by atoms with Crippen molar-refractivity contribution in [1.29, 1.82) is 0 Å². The van der Waals surface area contributed by atoms with Gasteiger partial charge in [-0.1, -0.05) is 53.8 Å². The third-order valence-corrected chi connectivity index (χ3v) is 6.78. The van der Waals surface area contributed by atoms with Gasteiger partial charge in [-0.3, -0.25) is 0 Å². The molecule has 9 heteroatoms. The average Bonchev–Trinajstić information content (AvgIpc) is 3.22. The van der Waals surface area contributed by atoms with Gasteiger partial charge in [0, 0.05) is 12.1 Å². The first kappa shape index (κ1) is 21.9. The second kappa shape index (κ2) is 9.07. The first-order valence-corrected chi connectivity index (χ1v) is 12.0. The number of thiazole rings is 1. The highest BCUT2D eigenvalue weighted by Crippen LogP contribution is 2.40. The molecule has 0 radical (unpaired) electrons. The van der Waals surface area contributed by atoms with Crippen molar-refractivity contribution in [2.45, 2.75) is 11.4 Å². The molecule has 0 spiro atoms. The maximum atomic E-state index is 14.4. The Balaban J connectivity index is 1.74. The van der Waals surface area contributed by atoms with Crippen LogP contribution in [0.25, 0.3) is 21.7 Å². The normalized spacial score (nSPS) is 11.3. The van der Waals surface area contributed by atoms with E-state index in [0.717, 1.165) is 16.0 Å². The molecule has 0 unspecified atom stereocenters. The lowest BCUT2D eigenvalue weighted by molar-refractivity contribution is 0.386. The van der Waals surface area contributed by atoms with Crippen LogP contribution in [0.5, 0.6) is 5.75 Å². The quantitative estimate of drug-likeness (QED) is 0.402. The monoisotopic (exact) mass is 469 g/mol. The lowest BCUT2D eigenvalue weighted by Gasteiger charge is -2.06. The number of methoxy groups -OCH3 is 1. The van der Waals surface area contributed by atoms with Gasteiger partial charge in [-0.15, -0.1) is 0 Å². The molecule has 0 bridgehead atoms. The molecule has 0 saturated heterocycles. The van der Waals surface area contributed by atoms with E-state index in [1.165, 1.54) is 36.6 Å². The standard InChI is InChI=1S/C23H20FN3O3S2/c1-30-20-12-9-17(13-19(20)24)21-22(16-7-10-18(11-8-16)32(25,28)29)31-23(27-21)26-14-15-5-3-2-4-6-15/h2-13H,14H2,1H3,(H,26,27)(H2,25,28,29). The molecular weight excluding hydrogens is 449 g/mol.